The van der Waals surface area contributed by atoms with Gasteiger partial charge in [-0.1, -0.05) is 51.4 Å². The van der Waals surface area contributed by atoms with Gasteiger partial charge in [-0.15, -0.1) is 0 Å². The molecule has 56 heavy (non-hydrogen) atoms. The first kappa shape index (κ1) is 45.6. The zero-order valence-electron chi connectivity index (χ0n) is 35.8. The molecule has 0 radical (unpaired) electrons. The number of rotatable bonds is 12. The highest BCUT2D eigenvalue weighted by Gasteiger charge is 2.53. The standard InChI is InChI=1S/C17H28N2O3Si.C14H23BO4.C9H17BrN2OSi/c1-23(2,3)11-10-20-14-19-13-16(12-18-19)15-4-6-17(7-5-15)21-8-9-22-17;1-12(2)13(3,4)19-15(18-12)11-5-7-14(8-6-11)16-9-10-17-14;1-14(2,3)5-4-13-8-12-7-9(10)6-11-12/h4,12-13H,5-11,14H2,1-3H3;5H,6-10H2,1-4H3;6-7H,4-5,8H2,1-3H3. The number of hydrogen-bond acceptors (Lipinski definition) is 10. The van der Waals surface area contributed by atoms with Gasteiger partial charge in [0.25, 0.3) is 0 Å². The summed E-state index contributed by atoms with van der Waals surface area (Å²) >= 11 is 3.34. The van der Waals surface area contributed by atoms with Gasteiger partial charge in [-0.25, -0.2) is 9.36 Å². The first-order chi connectivity index (χ1) is 26.3. The first-order valence-electron chi connectivity index (χ1n) is 20.4. The maximum atomic E-state index is 6.08. The predicted molar refractivity (Wildman–Crippen MR) is 229 cm³/mol. The Labute approximate surface area is 346 Å². The van der Waals surface area contributed by atoms with Crippen molar-refractivity contribution >= 4 is 44.8 Å². The van der Waals surface area contributed by atoms with Crippen molar-refractivity contribution in [2.24, 2.45) is 0 Å². The van der Waals surface area contributed by atoms with Gasteiger partial charge in [-0.2, -0.15) is 10.2 Å². The van der Waals surface area contributed by atoms with Gasteiger partial charge in [0.1, 0.15) is 13.5 Å². The topological polar surface area (TPSA) is 109 Å². The molecule has 3 aliphatic heterocycles. The lowest BCUT2D eigenvalue weighted by Gasteiger charge is -2.32. The Morgan fingerprint density at radius 2 is 1.18 bits per heavy atom. The molecule has 314 valence electrons. The van der Waals surface area contributed by atoms with Gasteiger partial charge in [0.2, 0.25) is 0 Å². The van der Waals surface area contributed by atoms with E-state index in [0.717, 1.165) is 69.4 Å². The molecule has 12 nitrogen and oxygen atoms in total. The second-order valence-corrected chi connectivity index (χ2v) is 31.0. The summed E-state index contributed by atoms with van der Waals surface area (Å²) in [6.07, 6.45) is 17.4. The quantitative estimate of drug-likeness (QED) is 0.152. The van der Waals surface area contributed by atoms with Crippen molar-refractivity contribution < 1.29 is 37.7 Å². The van der Waals surface area contributed by atoms with Crippen molar-refractivity contribution in [1.82, 2.24) is 19.6 Å². The summed E-state index contributed by atoms with van der Waals surface area (Å²) in [6, 6.07) is 2.39. The van der Waals surface area contributed by atoms with Crippen molar-refractivity contribution in [1.29, 1.82) is 0 Å². The molecule has 2 aromatic rings. The van der Waals surface area contributed by atoms with Crippen LogP contribution in [-0.2, 0) is 51.2 Å². The maximum absolute atomic E-state index is 6.08. The second-order valence-electron chi connectivity index (χ2n) is 18.9. The van der Waals surface area contributed by atoms with Crippen molar-refractivity contribution in [3.8, 4) is 0 Å². The van der Waals surface area contributed by atoms with Gasteiger partial charge in [0.05, 0.1) is 54.5 Å². The summed E-state index contributed by atoms with van der Waals surface area (Å²) in [5, 5.41) is 8.52. The fourth-order valence-electron chi connectivity index (χ4n) is 6.70. The van der Waals surface area contributed by atoms with E-state index in [9.17, 15) is 0 Å². The highest BCUT2D eigenvalue weighted by molar-refractivity contribution is 9.10. The van der Waals surface area contributed by atoms with Gasteiger partial charge in [-0.05, 0) is 79.6 Å². The Bertz CT molecular complexity index is 1590. The number of halogens is 1. The van der Waals surface area contributed by atoms with Crippen LogP contribution in [0.4, 0.5) is 0 Å². The lowest BCUT2D eigenvalue weighted by Crippen LogP contribution is -2.41. The Morgan fingerprint density at radius 1 is 0.696 bits per heavy atom. The number of hydrogen-bond donors (Lipinski definition) is 0. The molecule has 0 bridgehead atoms. The van der Waals surface area contributed by atoms with Crippen LogP contribution >= 0.6 is 15.9 Å². The summed E-state index contributed by atoms with van der Waals surface area (Å²) in [7, 11) is -2.19. The molecule has 16 heteroatoms. The van der Waals surface area contributed by atoms with Crippen molar-refractivity contribution in [2.75, 3.05) is 39.6 Å². The summed E-state index contributed by atoms with van der Waals surface area (Å²) in [6.45, 7) is 28.1. The molecule has 0 atom stereocenters. The van der Waals surface area contributed by atoms with E-state index in [4.69, 9.17) is 37.7 Å². The molecule has 2 aliphatic carbocycles. The zero-order valence-corrected chi connectivity index (χ0v) is 39.4. The zero-order chi connectivity index (χ0) is 40.7. The minimum absolute atomic E-state index is 0.219. The van der Waals surface area contributed by atoms with Gasteiger partial charge in [-0.3, -0.25) is 0 Å². The van der Waals surface area contributed by atoms with Crippen LogP contribution in [0.2, 0.25) is 51.4 Å². The fourth-order valence-corrected chi connectivity index (χ4v) is 8.55. The molecule has 0 N–H and O–H groups in total. The summed E-state index contributed by atoms with van der Waals surface area (Å²) in [5.74, 6) is -0.716. The highest BCUT2D eigenvalue weighted by atomic mass is 79.9. The normalized spacial score (nSPS) is 22.4. The van der Waals surface area contributed by atoms with Crippen molar-refractivity contribution in [3.63, 3.8) is 0 Å². The Kier molecular flexibility index (Phi) is 15.7. The monoisotopic (exact) mass is 878 g/mol. The van der Waals surface area contributed by atoms with Crippen molar-refractivity contribution in [2.45, 2.75) is 154 Å². The van der Waals surface area contributed by atoms with Crippen LogP contribution in [0.1, 0.15) is 71.8 Å². The lowest BCUT2D eigenvalue weighted by molar-refractivity contribution is -0.161. The highest BCUT2D eigenvalue weighted by Crippen LogP contribution is 2.43. The number of ether oxygens (including phenoxy) is 6. The molecule has 0 amide bonds. The predicted octanol–water partition coefficient (Wildman–Crippen LogP) is 8.93. The number of aromatic nitrogens is 4. The van der Waals surface area contributed by atoms with Crippen LogP contribution in [0.3, 0.4) is 0 Å². The lowest BCUT2D eigenvalue weighted by atomic mass is 9.71. The Hall–Kier alpha value is -1.44. The SMILES string of the molecule is CC1(C)OB(C2=CCC3(CC2)OCCO3)OC1(C)C.C[Si](C)(C)CCOCn1cc(Br)cn1.C[Si](C)(C)CCOCn1cc(C2=CCC3(CC2)OCCO3)cn1. The second kappa shape index (κ2) is 19.3. The van der Waals surface area contributed by atoms with E-state index in [1.54, 1.807) is 10.9 Å². The number of allylic oxidation sites excluding steroid dienone is 2. The van der Waals surface area contributed by atoms with Crippen LogP contribution in [0, 0.1) is 0 Å². The van der Waals surface area contributed by atoms with E-state index in [0.29, 0.717) is 26.7 Å². The molecule has 5 heterocycles. The minimum Gasteiger partial charge on any atom is -0.400 e. The van der Waals surface area contributed by atoms with E-state index < -0.39 is 16.1 Å². The van der Waals surface area contributed by atoms with Gasteiger partial charge >= 0.3 is 7.12 Å². The smallest absolute Gasteiger partial charge is 0.400 e. The van der Waals surface area contributed by atoms with E-state index in [-0.39, 0.29) is 29.9 Å². The van der Waals surface area contributed by atoms with Crippen LogP contribution in [0.15, 0.2) is 46.9 Å². The van der Waals surface area contributed by atoms with Gasteiger partial charge < -0.3 is 37.7 Å². The number of nitrogens with zero attached hydrogens (tertiary/aromatic N) is 4. The Balaban J connectivity index is 0.000000166. The van der Waals surface area contributed by atoms with E-state index in [1.165, 1.54) is 28.7 Å². The summed E-state index contributed by atoms with van der Waals surface area (Å²) < 4.78 is 51.1. The molecule has 0 unspecified atom stereocenters. The third-order valence-electron chi connectivity index (χ3n) is 11.1. The molecule has 3 saturated heterocycles. The third-order valence-corrected chi connectivity index (χ3v) is 15.0. The first-order valence-corrected chi connectivity index (χ1v) is 28.6. The molecular formula is C40H68BBrN4O8Si2. The fraction of sp³-hybridized carbons (Fsp3) is 0.750. The third kappa shape index (κ3) is 13.5. The summed E-state index contributed by atoms with van der Waals surface area (Å²) in [4.78, 5) is 0. The van der Waals surface area contributed by atoms with Crippen LogP contribution < -0.4 is 0 Å². The molecular weight excluding hydrogens is 811 g/mol. The molecule has 5 aliphatic rings. The molecule has 2 aromatic heterocycles. The van der Waals surface area contributed by atoms with E-state index in [2.05, 4.69) is 111 Å². The van der Waals surface area contributed by atoms with Crippen LogP contribution in [0.25, 0.3) is 5.57 Å². The van der Waals surface area contributed by atoms with E-state index >= 15 is 0 Å². The average molecular weight is 880 g/mol. The Morgan fingerprint density at radius 3 is 1.61 bits per heavy atom. The van der Waals surface area contributed by atoms with E-state index in [1.807, 2.05) is 17.1 Å². The molecule has 2 spiro atoms. The van der Waals surface area contributed by atoms with Crippen LogP contribution in [0.5, 0.6) is 0 Å². The van der Waals surface area contributed by atoms with Crippen molar-refractivity contribution in [3.05, 3.63) is 52.4 Å². The largest absolute Gasteiger partial charge is 0.490 e. The van der Waals surface area contributed by atoms with Gasteiger partial charge in [0.15, 0.2) is 11.6 Å². The molecule has 0 aromatic carbocycles. The summed E-state index contributed by atoms with van der Waals surface area (Å²) in [5.41, 5.74) is 3.21. The average Bonchev–Trinajstić information content (AvgIpc) is 3.97. The molecule has 0 saturated carbocycles. The maximum Gasteiger partial charge on any atom is 0.490 e. The molecule has 3 fully saturated rings. The molecule has 7 rings (SSSR count). The van der Waals surface area contributed by atoms with Gasteiger partial charge in [0, 0.05) is 73.0 Å². The minimum atomic E-state index is -1.02. The van der Waals surface area contributed by atoms with Crippen LogP contribution in [-0.4, -0.2) is 105 Å².